The summed E-state index contributed by atoms with van der Waals surface area (Å²) >= 11 is 0. The number of hydrogen-bond donors (Lipinski definition) is 1. The van der Waals surface area contributed by atoms with Gasteiger partial charge in [0.2, 0.25) is 0 Å². The molecule has 1 aliphatic rings. The number of piperazine rings is 1. The third kappa shape index (κ3) is 3.72. The van der Waals surface area contributed by atoms with Gasteiger partial charge in [-0.2, -0.15) is 0 Å². The first-order valence-corrected chi connectivity index (χ1v) is 8.10. The van der Waals surface area contributed by atoms with Gasteiger partial charge in [0.15, 0.2) is 0 Å². The van der Waals surface area contributed by atoms with Crippen molar-refractivity contribution in [1.29, 1.82) is 0 Å². The Morgan fingerprint density at radius 1 is 1.05 bits per heavy atom. The molecule has 1 fully saturated rings. The Morgan fingerprint density at radius 3 is 2.45 bits per heavy atom. The Bertz CT molecular complexity index is 619. The van der Waals surface area contributed by atoms with E-state index in [-0.39, 0.29) is 0 Å². The SMILES string of the molecule is Cc1nc2ccccc2nc1NCCCN1CCN(C)CC1. The van der Waals surface area contributed by atoms with Gasteiger partial charge >= 0.3 is 0 Å². The monoisotopic (exact) mass is 299 g/mol. The van der Waals surface area contributed by atoms with Crippen molar-refractivity contribution in [3.63, 3.8) is 0 Å². The summed E-state index contributed by atoms with van der Waals surface area (Å²) in [4.78, 5) is 14.2. The molecule has 0 saturated carbocycles. The number of benzene rings is 1. The molecule has 5 heteroatoms. The standard InChI is InChI=1S/C17H25N5/c1-14-17(20-16-7-4-3-6-15(16)19-14)18-8-5-9-22-12-10-21(2)11-13-22/h3-4,6-7H,5,8-13H2,1-2H3,(H,18,20). The summed E-state index contributed by atoms with van der Waals surface area (Å²) in [5, 5.41) is 3.44. The van der Waals surface area contributed by atoms with Crippen molar-refractivity contribution in [2.24, 2.45) is 0 Å². The van der Waals surface area contributed by atoms with Gasteiger partial charge in [0.1, 0.15) is 5.82 Å². The summed E-state index contributed by atoms with van der Waals surface area (Å²) in [7, 11) is 2.19. The lowest BCUT2D eigenvalue weighted by molar-refractivity contribution is 0.154. The molecule has 0 bridgehead atoms. The number of aromatic nitrogens is 2. The molecule has 0 amide bonds. The molecule has 22 heavy (non-hydrogen) atoms. The lowest BCUT2D eigenvalue weighted by Crippen LogP contribution is -2.44. The van der Waals surface area contributed by atoms with E-state index in [4.69, 9.17) is 0 Å². The Morgan fingerprint density at radius 2 is 1.73 bits per heavy atom. The van der Waals surface area contributed by atoms with Gasteiger partial charge in [-0.3, -0.25) is 0 Å². The second-order valence-electron chi connectivity index (χ2n) is 6.07. The molecule has 0 spiro atoms. The zero-order chi connectivity index (χ0) is 15.4. The molecular formula is C17H25N5. The number of nitrogens with zero attached hydrogens (tertiary/aromatic N) is 4. The van der Waals surface area contributed by atoms with Crippen LogP contribution in [0.3, 0.4) is 0 Å². The zero-order valence-corrected chi connectivity index (χ0v) is 13.5. The van der Waals surface area contributed by atoms with Gasteiger partial charge < -0.3 is 15.1 Å². The molecule has 1 aromatic heterocycles. The number of rotatable bonds is 5. The molecule has 0 aliphatic carbocycles. The summed E-state index contributed by atoms with van der Waals surface area (Å²) in [5.74, 6) is 0.914. The number of aryl methyl sites for hydroxylation is 1. The van der Waals surface area contributed by atoms with Gasteiger partial charge in [0.25, 0.3) is 0 Å². The van der Waals surface area contributed by atoms with Gasteiger partial charge in [-0.25, -0.2) is 9.97 Å². The second-order valence-corrected chi connectivity index (χ2v) is 6.07. The van der Waals surface area contributed by atoms with Gasteiger partial charge in [0.05, 0.1) is 16.7 Å². The Labute approximate surface area is 132 Å². The van der Waals surface area contributed by atoms with E-state index in [9.17, 15) is 0 Å². The van der Waals surface area contributed by atoms with Crippen molar-refractivity contribution < 1.29 is 0 Å². The van der Waals surface area contributed by atoms with Crippen molar-refractivity contribution >= 4 is 16.9 Å². The molecule has 1 aliphatic heterocycles. The zero-order valence-electron chi connectivity index (χ0n) is 13.5. The highest BCUT2D eigenvalue weighted by Gasteiger charge is 2.12. The first kappa shape index (κ1) is 15.2. The molecule has 0 radical (unpaired) electrons. The fraction of sp³-hybridized carbons (Fsp3) is 0.529. The third-order valence-electron chi connectivity index (χ3n) is 4.28. The van der Waals surface area contributed by atoms with Gasteiger partial charge in [-0.15, -0.1) is 0 Å². The van der Waals surface area contributed by atoms with Crippen LogP contribution in [-0.4, -0.2) is 66.1 Å². The largest absolute Gasteiger partial charge is 0.369 e. The smallest absolute Gasteiger partial charge is 0.148 e. The topological polar surface area (TPSA) is 44.3 Å². The van der Waals surface area contributed by atoms with Crippen LogP contribution >= 0.6 is 0 Å². The quantitative estimate of drug-likeness (QED) is 0.855. The minimum atomic E-state index is 0.914. The molecule has 1 N–H and O–H groups in total. The first-order valence-electron chi connectivity index (χ1n) is 8.10. The molecule has 2 aromatic rings. The maximum Gasteiger partial charge on any atom is 0.148 e. The summed E-state index contributed by atoms with van der Waals surface area (Å²) < 4.78 is 0. The van der Waals surface area contributed by atoms with Crippen molar-refractivity contribution in [1.82, 2.24) is 19.8 Å². The highest BCUT2D eigenvalue weighted by atomic mass is 15.2. The van der Waals surface area contributed by atoms with E-state index in [1.54, 1.807) is 0 Å². The van der Waals surface area contributed by atoms with Crippen molar-refractivity contribution in [2.45, 2.75) is 13.3 Å². The van der Waals surface area contributed by atoms with E-state index in [2.05, 4.69) is 32.1 Å². The van der Waals surface area contributed by atoms with Crippen molar-refractivity contribution in [3.8, 4) is 0 Å². The molecule has 1 aromatic carbocycles. The van der Waals surface area contributed by atoms with E-state index in [1.165, 1.54) is 26.2 Å². The van der Waals surface area contributed by atoms with Crippen LogP contribution in [0.25, 0.3) is 11.0 Å². The van der Waals surface area contributed by atoms with E-state index in [1.807, 2.05) is 31.2 Å². The maximum absolute atomic E-state index is 4.68. The average Bonchev–Trinajstić information content (AvgIpc) is 2.53. The van der Waals surface area contributed by atoms with Crippen LogP contribution in [0.5, 0.6) is 0 Å². The molecule has 118 valence electrons. The van der Waals surface area contributed by atoms with Crippen molar-refractivity contribution in [2.75, 3.05) is 51.6 Å². The molecule has 1 saturated heterocycles. The van der Waals surface area contributed by atoms with Gasteiger partial charge in [0, 0.05) is 32.7 Å². The molecule has 2 heterocycles. The Balaban J connectivity index is 1.50. The van der Waals surface area contributed by atoms with E-state index >= 15 is 0 Å². The molecular weight excluding hydrogens is 274 g/mol. The van der Waals surface area contributed by atoms with Crippen LogP contribution in [-0.2, 0) is 0 Å². The number of likely N-dealkylation sites (N-methyl/N-ethyl adjacent to an activating group) is 1. The molecule has 3 rings (SSSR count). The molecule has 5 nitrogen and oxygen atoms in total. The maximum atomic E-state index is 4.68. The predicted molar refractivity (Wildman–Crippen MR) is 91.3 cm³/mol. The predicted octanol–water partition coefficient (Wildman–Crippen LogP) is 1.99. The second kappa shape index (κ2) is 7.03. The first-order chi connectivity index (χ1) is 10.7. The van der Waals surface area contributed by atoms with Gasteiger partial charge in [-0.1, -0.05) is 12.1 Å². The minimum Gasteiger partial charge on any atom is -0.369 e. The summed E-state index contributed by atoms with van der Waals surface area (Å²) in [6.45, 7) is 8.85. The van der Waals surface area contributed by atoms with Crippen LogP contribution in [0, 0.1) is 6.92 Å². The van der Waals surface area contributed by atoms with Crippen LogP contribution < -0.4 is 5.32 Å². The highest BCUT2D eigenvalue weighted by molar-refractivity contribution is 5.76. The van der Waals surface area contributed by atoms with Crippen molar-refractivity contribution in [3.05, 3.63) is 30.0 Å². The third-order valence-corrected chi connectivity index (χ3v) is 4.28. The summed E-state index contributed by atoms with van der Waals surface area (Å²) in [6, 6.07) is 8.02. The Kier molecular flexibility index (Phi) is 4.85. The molecule has 0 unspecified atom stereocenters. The highest BCUT2D eigenvalue weighted by Crippen LogP contribution is 2.15. The lowest BCUT2D eigenvalue weighted by Gasteiger charge is -2.32. The van der Waals surface area contributed by atoms with Crippen LogP contribution in [0.1, 0.15) is 12.1 Å². The van der Waals surface area contributed by atoms with E-state index in [0.717, 1.165) is 42.1 Å². The van der Waals surface area contributed by atoms with Crippen LogP contribution in [0.15, 0.2) is 24.3 Å². The van der Waals surface area contributed by atoms with Crippen LogP contribution in [0.4, 0.5) is 5.82 Å². The average molecular weight is 299 g/mol. The summed E-state index contributed by atoms with van der Waals surface area (Å²) in [6.07, 6.45) is 1.14. The molecule has 0 atom stereocenters. The number of fused-ring (bicyclic) bond motifs is 1. The number of hydrogen-bond acceptors (Lipinski definition) is 5. The normalized spacial score (nSPS) is 17.0. The van der Waals surface area contributed by atoms with Crippen LogP contribution in [0.2, 0.25) is 0 Å². The minimum absolute atomic E-state index is 0.914. The Hall–Kier alpha value is -1.72. The fourth-order valence-electron chi connectivity index (χ4n) is 2.84. The van der Waals surface area contributed by atoms with E-state index in [0.29, 0.717) is 0 Å². The number of anilines is 1. The fourth-order valence-corrected chi connectivity index (χ4v) is 2.84. The lowest BCUT2D eigenvalue weighted by atomic mass is 10.3. The summed E-state index contributed by atoms with van der Waals surface area (Å²) in [5.41, 5.74) is 2.89. The van der Waals surface area contributed by atoms with Gasteiger partial charge in [-0.05, 0) is 39.1 Å². The number of para-hydroxylation sites is 2. The number of nitrogens with one attached hydrogen (secondary N) is 1. The van der Waals surface area contributed by atoms with E-state index < -0.39 is 0 Å².